The van der Waals surface area contributed by atoms with Crippen LogP contribution in [0, 0.1) is 0 Å². The van der Waals surface area contributed by atoms with E-state index in [2.05, 4.69) is 69.8 Å². The number of rotatable bonds is 4. The van der Waals surface area contributed by atoms with E-state index in [4.69, 9.17) is 0 Å². The van der Waals surface area contributed by atoms with Crippen LogP contribution in [0.25, 0.3) is 22.2 Å². The van der Waals surface area contributed by atoms with Crippen molar-refractivity contribution in [2.45, 2.75) is 13.0 Å². The van der Waals surface area contributed by atoms with E-state index in [0.717, 1.165) is 46.4 Å². The lowest BCUT2D eigenvalue weighted by Gasteiger charge is -2.23. The first-order valence-electron chi connectivity index (χ1n) is 8.88. The highest BCUT2D eigenvalue weighted by molar-refractivity contribution is 9.10. The van der Waals surface area contributed by atoms with Crippen LogP contribution in [0.1, 0.15) is 6.42 Å². The van der Waals surface area contributed by atoms with E-state index in [1.165, 1.54) is 5.39 Å². The Bertz CT molecular complexity index is 977. The molecule has 0 unspecified atom stereocenters. The van der Waals surface area contributed by atoms with Gasteiger partial charge in [0.25, 0.3) is 0 Å². The van der Waals surface area contributed by atoms with Gasteiger partial charge in [-0.3, -0.25) is 4.79 Å². The lowest BCUT2D eigenvalue weighted by molar-refractivity contribution is -0.119. The van der Waals surface area contributed by atoms with Crippen LogP contribution in [-0.4, -0.2) is 42.6 Å². The van der Waals surface area contributed by atoms with Crippen molar-refractivity contribution < 1.29 is 4.79 Å². The van der Waals surface area contributed by atoms with E-state index in [0.29, 0.717) is 6.54 Å². The standard InChI is InChI=1S/C21H22BrN3O/c1-23(2)10-5-11-24-19-9-8-16(22)13-17(19)20-12-15-6-3-4-7-18(15)25(20)14-21(24)26/h3-4,6-9,12-13H,5,10-11,14H2,1-2H3. The highest BCUT2D eigenvalue weighted by Gasteiger charge is 2.27. The van der Waals surface area contributed by atoms with E-state index >= 15 is 0 Å². The van der Waals surface area contributed by atoms with Crippen molar-refractivity contribution >= 4 is 38.4 Å². The summed E-state index contributed by atoms with van der Waals surface area (Å²) in [5.41, 5.74) is 4.31. The van der Waals surface area contributed by atoms with Crippen LogP contribution < -0.4 is 4.90 Å². The number of anilines is 1. The molecule has 4 rings (SSSR count). The molecule has 0 fully saturated rings. The quantitative estimate of drug-likeness (QED) is 0.637. The Morgan fingerprint density at radius 2 is 1.92 bits per heavy atom. The molecule has 2 aromatic carbocycles. The average Bonchev–Trinajstić information content (AvgIpc) is 2.92. The largest absolute Gasteiger partial charge is 0.331 e. The van der Waals surface area contributed by atoms with Gasteiger partial charge in [-0.1, -0.05) is 34.1 Å². The van der Waals surface area contributed by atoms with Gasteiger partial charge in [0.2, 0.25) is 5.91 Å². The maximum Gasteiger partial charge on any atom is 0.246 e. The second-order valence-corrected chi connectivity index (χ2v) is 7.95. The predicted molar refractivity (Wildman–Crippen MR) is 111 cm³/mol. The normalized spacial score (nSPS) is 13.8. The molecule has 0 aliphatic carbocycles. The van der Waals surface area contributed by atoms with Crippen LogP contribution in [0.5, 0.6) is 0 Å². The van der Waals surface area contributed by atoms with Crippen LogP contribution >= 0.6 is 15.9 Å². The minimum Gasteiger partial charge on any atom is -0.331 e. The second kappa shape index (κ2) is 6.89. The SMILES string of the molecule is CN(C)CCCN1C(=O)Cn2c(cc3ccccc32)-c2cc(Br)ccc21. The zero-order valence-electron chi connectivity index (χ0n) is 15.1. The van der Waals surface area contributed by atoms with Crippen LogP contribution in [0.15, 0.2) is 53.0 Å². The number of para-hydroxylation sites is 1. The lowest BCUT2D eigenvalue weighted by Crippen LogP contribution is -2.35. The first-order valence-corrected chi connectivity index (χ1v) is 9.67. The zero-order chi connectivity index (χ0) is 18.3. The fourth-order valence-electron chi connectivity index (χ4n) is 3.70. The van der Waals surface area contributed by atoms with Crippen molar-refractivity contribution in [3.63, 3.8) is 0 Å². The molecule has 134 valence electrons. The number of hydrogen-bond donors (Lipinski definition) is 0. The maximum atomic E-state index is 13.1. The monoisotopic (exact) mass is 411 g/mol. The van der Waals surface area contributed by atoms with Crippen molar-refractivity contribution in [1.82, 2.24) is 9.47 Å². The van der Waals surface area contributed by atoms with E-state index < -0.39 is 0 Å². The van der Waals surface area contributed by atoms with E-state index in [1.807, 2.05) is 23.1 Å². The first-order chi connectivity index (χ1) is 12.5. The average molecular weight is 412 g/mol. The smallest absolute Gasteiger partial charge is 0.246 e. The molecule has 0 spiro atoms. The Labute approximate surface area is 162 Å². The minimum atomic E-state index is 0.146. The van der Waals surface area contributed by atoms with Crippen LogP contribution in [0.2, 0.25) is 0 Å². The molecule has 0 bridgehead atoms. The Morgan fingerprint density at radius 1 is 1.12 bits per heavy atom. The molecule has 4 nitrogen and oxygen atoms in total. The lowest BCUT2D eigenvalue weighted by atomic mass is 10.1. The number of carbonyl (C=O) groups is 1. The van der Waals surface area contributed by atoms with Crippen molar-refractivity contribution in [2.24, 2.45) is 0 Å². The Hall–Kier alpha value is -2.11. The van der Waals surface area contributed by atoms with Crippen molar-refractivity contribution in [2.75, 3.05) is 32.1 Å². The summed E-state index contributed by atoms with van der Waals surface area (Å²) in [6, 6.07) is 16.7. The summed E-state index contributed by atoms with van der Waals surface area (Å²) in [5.74, 6) is 0.146. The van der Waals surface area contributed by atoms with Crippen LogP contribution in [-0.2, 0) is 11.3 Å². The number of aromatic nitrogens is 1. The molecule has 0 saturated heterocycles. The molecule has 26 heavy (non-hydrogen) atoms. The Morgan fingerprint density at radius 3 is 2.73 bits per heavy atom. The topological polar surface area (TPSA) is 28.5 Å². The van der Waals surface area contributed by atoms with Crippen molar-refractivity contribution in [3.8, 4) is 11.3 Å². The van der Waals surface area contributed by atoms with Gasteiger partial charge in [0.05, 0.1) is 11.4 Å². The highest BCUT2D eigenvalue weighted by Crippen LogP contribution is 2.39. The zero-order valence-corrected chi connectivity index (χ0v) is 16.7. The van der Waals surface area contributed by atoms with Crippen molar-refractivity contribution in [3.05, 3.63) is 53.0 Å². The molecular formula is C21H22BrN3O. The number of benzene rings is 2. The van der Waals surface area contributed by atoms with Crippen LogP contribution in [0.4, 0.5) is 5.69 Å². The summed E-state index contributed by atoms with van der Waals surface area (Å²) in [5, 5.41) is 1.17. The number of halogens is 1. The molecular weight excluding hydrogens is 390 g/mol. The molecule has 1 amide bonds. The second-order valence-electron chi connectivity index (χ2n) is 7.04. The summed E-state index contributed by atoms with van der Waals surface area (Å²) in [4.78, 5) is 17.2. The third-order valence-corrected chi connectivity index (χ3v) is 5.41. The summed E-state index contributed by atoms with van der Waals surface area (Å²) in [7, 11) is 4.13. The number of carbonyl (C=O) groups excluding carboxylic acids is 1. The van der Waals surface area contributed by atoms with Gasteiger partial charge >= 0.3 is 0 Å². The summed E-state index contributed by atoms with van der Waals surface area (Å²) in [6.07, 6.45) is 0.948. The van der Waals surface area contributed by atoms with Gasteiger partial charge in [-0.2, -0.15) is 0 Å². The molecule has 0 saturated carbocycles. The number of amides is 1. The third-order valence-electron chi connectivity index (χ3n) is 4.92. The summed E-state index contributed by atoms with van der Waals surface area (Å²) in [6.45, 7) is 2.07. The molecule has 0 atom stereocenters. The van der Waals surface area contributed by atoms with Gasteiger partial charge in [0.15, 0.2) is 0 Å². The maximum absolute atomic E-state index is 13.1. The highest BCUT2D eigenvalue weighted by atomic mass is 79.9. The molecule has 0 radical (unpaired) electrons. The van der Waals surface area contributed by atoms with Crippen molar-refractivity contribution in [1.29, 1.82) is 0 Å². The Kier molecular flexibility index (Phi) is 4.59. The van der Waals surface area contributed by atoms with E-state index in [-0.39, 0.29) is 5.91 Å². The molecule has 0 N–H and O–H groups in total. The third kappa shape index (κ3) is 3.06. The molecule has 5 heteroatoms. The van der Waals surface area contributed by atoms with Gasteiger partial charge < -0.3 is 14.4 Å². The molecule has 1 aromatic heterocycles. The van der Waals surface area contributed by atoms with E-state index in [1.54, 1.807) is 0 Å². The van der Waals surface area contributed by atoms with Gasteiger partial charge in [-0.25, -0.2) is 0 Å². The molecule has 1 aliphatic rings. The van der Waals surface area contributed by atoms with E-state index in [9.17, 15) is 4.79 Å². The number of hydrogen-bond acceptors (Lipinski definition) is 2. The summed E-state index contributed by atoms with van der Waals surface area (Å²) >= 11 is 3.60. The summed E-state index contributed by atoms with van der Waals surface area (Å²) < 4.78 is 3.17. The minimum absolute atomic E-state index is 0.146. The number of nitrogens with zero attached hydrogens (tertiary/aromatic N) is 3. The fraction of sp³-hybridized carbons (Fsp3) is 0.286. The molecule has 2 heterocycles. The van der Waals surface area contributed by atoms with Gasteiger partial charge in [0, 0.05) is 27.5 Å². The van der Waals surface area contributed by atoms with Crippen LogP contribution in [0.3, 0.4) is 0 Å². The Balaban J connectivity index is 1.84. The van der Waals surface area contributed by atoms with Gasteiger partial charge in [-0.15, -0.1) is 0 Å². The molecule has 1 aliphatic heterocycles. The first kappa shape index (κ1) is 17.3. The molecule has 3 aromatic rings. The van der Waals surface area contributed by atoms with Gasteiger partial charge in [0.1, 0.15) is 6.54 Å². The number of fused-ring (bicyclic) bond motifs is 5. The van der Waals surface area contributed by atoms with Gasteiger partial charge in [-0.05, 0) is 57.4 Å². The fourth-order valence-corrected chi connectivity index (χ4v) is 4.06. The predicted octanol–water partition coefficient (Wildman–Crippen LogP) is 4.37.